The lowest BCUT2D eigenvalue weighted by Crippen LogP contribution is -2.33. The molecule has 7 heteroatoms. The molecule has 0 aliphatic carbocycles. The van der Waals surface area contributed by atoms with Crippen LogP contribution in [0.3, 0.4) is 0 Å². The van der Waals surface area contributed by atoms with Crippen LogP contribution in [0.2, 0.25) is 0 Å². The number of hydrogen-bond acceptors (Lipinski definition) is 7. The summed E-state index contributed by atoms with van der Waals surface area (Å²) in [6.07, 6.45) is 25.9. The first-order valence-corrected chi connectivity index (χ1v) is 18.6. The first-order valence-electron chi connectivity index (χ1n) is 18.6. The summed E-state index contributed by atoms with van der Waals surface area (Å²) in [4.78, 5) is 11.7. The van der Waals surface area contributed by atoms with Crippen molar-refractivity contribution in [3.8, 4) is 0 Å². The maximum Gasteiger partial charge on any atom is 0.334 e. The van der Waals surface area contributed by atoms with Crippen molar-refractivity contribution in [3.05, 3.63) is 11.6 Å². The van der Waals surface area contributed by atoms with Gasteiger partial charge in [0.1, 0.15) is 6.10 Å². The maximum absolute atomic E-state index is 11.7. The number of carbonyl (C=O) groups is 1. The van der Waals surface area contributed by atoms with Crippen molar-refractivity contribution in [2.45, 2.75) is 217 Å². The van der Waals surface area contributed by atoms with Crippen LogP contribution in [0, 0.1) is 0 Å². The minimum Gasteiger partial charge on any atom is -0.455 e. The maximum atomic E-state index is 11.7. The Labute approximate surface area is 268 Å². The minimum absolute atomic E-state index is 0.0495. The van der Waals surface area contributed by atoms with Crippen molar-refractivity contribution in [1.29, 1.82) is 0 Å². The summed E-state index contributed by atoms with van der Waals surface area (Å²) in [5.74, 6) is -0.231. The van der Waals surface area contributed by atoms with Gasteiger partial charge in [-0.3, -0.25) is 0 Å². The van der Waals surface area contributed by atoms with Gasteiger partial charge >= 0.3 is 5.97 Å². The minimum atomic E-state index is -0.406. The molecule has 3 aliphatic heterocycles. The molecular formula is C37H66O7. The van der Waals surface area contributed by atoms with Crippen molar-refractivity contribution in [2.24, 2.45) is 0 Å². The lowest BCUT2D eigenvalue weighted by Gasteiger charge is -2.24. The number of ether oxygens (including phenoxy) is 3. The van der Waals surface area contributed by atoms with Gasteiger partial charge in [-0.15, -0.1) is 0 Å². The third-order valence-corrected chi connectivity index (χ3v) is 10.1. The smallest absolute Gasteiger partial charge is 0.334 e. The zero-order valence-electron chi connectivity index (χ0n) is 28.1. The summed E-state index contributed by atoms with van der Waals surface area (Å²) in [5, 5.41) is 31.7. The highest BCUT2D eigenvalue weighted by Gasteiger charge is 2.40. The van der Waals surface area contributed by atoms with Crippen LogP contribution in [0.4, 0.5) is 0 Å². The van der Waals surface area contributed by atoms with Crippen LogP contribution in [-0.4, -0.2) is 70.1 Å². The lowest BCUT2D eigenvalue weighted by molar-refractivity contribution is -0.139. The standard InChI is InChI=1S/C37H66O7/c1-3-4-5-6-7-10-13-16-19-31(39)33-23-25-35(43-33)36-26-24-34(44-36)32(40)20-17-14-11-8-9-12-15-18-30(38)22-21-29-27-28(2)42-37(29)41/h27-28,30-36,38-40H,3-26H2,1-2H3/t28-,30+,31+,32+,33+,34+,35+,36-/m0/s1. The van der Waals surface area contributed by atoms with Crippen molar-refractivity contribution < 1.29 is 34.3 Å². The molecule has 0 radical (unpaired) electrons. The average molecular weight is 623 g/mol. The third kappa shape index (κ3) is 14.2. The fraction of sp³-hybridized carbons (Fsp3) is 0.919. The Morgan fingerprint density at radius 2 is 1.11 bits per heavy atom. The number of hydrogen-bond donors (Lipinski definition) is 3. The molecular weight excluding hydrogens is 556 g/mol. The molecule has 3 N–H and O–H groups in total. The Balaban J connectivity index is 1.13. The van der Waals surface area contributed by atoms with E-state index in [9.17, 15) is 20.1 Å². The summed E-state index contributed by atoms with van der Waals surface area (Å²) in [6.45, 7) is 4.11. The highest BCUT2D eigenvalue weighted by Crippen LogP contribution is 2.34. The molecule has 256 valence electrons. The lowest BCUT2D eigenvalue weighted by atomic mass is 10.00. The van der Waals surface area contributed by atoms with Gasteiger partial charge in [-0.05, 0) is 70.8 Å². The van der Waals surface area contributed by atoms with E-state index in [-0.39, 0.29) is 48.7 Å². The molecule has 0 unspecified atom stereocenters. The van der Waals surface area contributed by atoms with E-state index in [4.69, 9.17) is 14.2 Å². The molecule has 0 aromatic carbocycles. The predicted octanol–water partition coefficient (Wildman–Crippen LogP) is 7.86. The van der Waals surface area contributed by atoms with Crippen molar-refractivity contribution in [1.82, 2.24) is 0 Å². The molecule has 3 aliphatic rings. The molecule has 2 saturated heterocycles. The number of cyclic esters (lactones) is 1. The van der Waals surface area contributed by atoms with Gasteiger partial charge in [0, 0.05) is 5.57 Å². The Kier molecular flexibility index (Phi) is 18.5. The summed E-state index contributed by atoms with van der Waals surface area (Å²) >= 11 is 0. The van der Waals surface area contributed by atoms with Crippen LogP contribution in [0.5, 0.6) is 0 Å². The van der Waals surface area contributed by atoms with E-state index >= 15 is 0 Å². The second-order valence-electron chi connectivity index (χ2n) is 14.0. The van der Waals surface area contributed by atoms with Gasteiger partial charge < -0.3 is 29.5 Å². The Morgan fingerprint density at radius 3 is 1.57 bits per heavy atom. The molecule has 3 heterocycles. The van der Waals surface area contributed by atoms with Crippen LogP contribution in [0.15, 0.2) is 11.6 Å². The second-order valence-corrected chi connectivity index (χ2v) is 14.0. The molecule has 44 heavy (non-hydrogen) atoms. The highest BCUT2D eigenvalue weighted by molar-refractivity contribution is 5.90. The van der Waals surface area contributed by atoms with Crippen molar-refractivity contribution >= 4 is 5.97 Å². The summed E-state index contributed by atoms with van der Waals surface area (Å²) in [6, 6.07) is 0. The topological polar surface area (TPSA) is 105 Å². The molecule has 7 nitrogen and oxygen atoms in total. The second kappa shape index (κ2) is 21.7. The Bertz CT molecular complexity index is 801. The number of rotatable bonds is 25. The third-order valence-electron chi connectivity index (χ3n) is 10.1. The van der Waals surface area contributed by atoms with Gasteiger partial charge in [-0.25, -0.2) is 4.79 Å². The number of aliphatic hydroxyl groups is 3. The van der Waals surface area contributed by atoms with Crippen LogP contribution in [-0.2, 0) is 19.0 Å². The fourth-order valence-corrected chi connectivity index (χ4v) is 7.25. The van der Waals surface area contributed by atoms with Gasteiger partial charge in [-0.1, -0.05) is 103 Å². The fourth-order valence-electron chi connectivity index (χ4n) is 7.25. The van der Waals surface area contributed by atoms with Crippen LogP contribution < -0.4 is 0 Å². The van der Waals surface area contributed by atoms with E-state index in [1.807, 2.05) is 13.0 Å². The normalized spacial score (nSPS) is 27.4. The average Bonchev–Trinajstić information content (AvgIpc) is 3.76. The molecule has 0 bridgehead atoms. The molecule has 0 amide bonds. The van der Waals surface area contributed by atoms with E-state index in [0.717, 1.165) is 77.0 Å². The molecule has 2 fully saturated rings. The van der Waals surface area contributed by atoms with Gasteiger partial charge in [0.15, 0.2) is 0 Å². The first kappa shape index (κ1) is 37.5. The van der Waals surface area contributed by atoms with Crippen molar-refractivity contribution in [2.75, 3.05) is 0 Å². The number of unbranched alkanes of at least 4 members (excludes halogenated alkanes) is 13. The summed E-state index contributed by atoms with van der Waals surface area (Å²) < 4.78 is 17.7. The highest BCUT2D eigenvalue weighted by atomic mass is 16.6. The van der Waals surface area contributed by atoms with E-state index < -0.39 is 6.10 Å². The van der Waals surface area contributed by atoms with Gasteiger partial charge in [-0.2, -0.15) is 0 Å². The largest absolute Gasteiger partial charge is 0.455 e. The number of aliphatic hydroxyl groups excluding tert-OH is 3. The van der Waals surface area contributed by atoms with Gasteiger partial charge in [0.25, 0.3) is 0 Å². The predicted molar refractivity (Wildman–Crippen MR) is 175 cm³/mol. The first-order chi connectivity index (χ1) is 21.4. The summed E-state index contributed by atoms with van der Waals surface area (Å²) in [7, 11) is 0. The zero-order chi connectivity index (χ0) is 31.6. The molecule has 0 saturated carbocycles. The Hall–Kier alpha value is -0.990. The van der Waals surface area contributed by atoms with E-state index in [2.05, 4.69) is 6.92 Å². The SMILES string of the molecule is CCCCCCCCCC[C@@H](O)[C@H]1CC[C@H]([C@@H]2CC[C@H]([C@H](O)CCCCCCCCC[C@@H](O)CCC3=C[C@H](C)OC3=O)O2)O1. The molecule has 8 atom stereocenters. The molecule has 0 aromatic heterocycles. The molecule has 3 rings (SSSR count). The van der Waals surface area contributed by atoms with Crippen LogP contribution in [0.1, 0.15) is 168 Å². The monoisotopic (exact) mass is 622 g/mol. The van der Waals surface area contributed by atoms with Gasteiger partial charge in [0.05, 0.1) is 42.7 Å². The summed E-state index contributed by atoms with van der Waals surface area (Å²) in [5.41, 5.74) is 0.706. The van der Waals surface area contributed by atoms with E-state index in [1.54, 1.807) is 0 Å². The number of esters is 1. The van der Waals surface area contributed by atoms with E-state index in [1.165, 1.54) is 64.2 Å². The van der Waals surface area contributed by atoms with E-state index in [0.29, 0.717) is 18.4 Å². The molecule has 0 spiro atoms. The van der Waals surface area contributed by atoms with Crippen LogP contribution >= 0.6 is 0 Å². The number of carbonyl (C=O) groups excluding carboxylic acids is 1. The van der Waals surface area contributed by atoms with Crippen molar-refractivity contribution in [3.63, 3.8) is 0 Å². The van der Waals surface area contributed by atoms with Crippen LogP contribution in [0.25, 0.3) is 0 Å². The zero-order valence-corrected chi connectivity index (χ0v) is 28.1. The quantitative estimate of drug-likeness (QED) is 0.0703. The molecule has 0 aromatic rings. The van der Waals surface area contributed by atoms with Gasteiger partial charge in [0.2, 0.25) is 0 Å². The Morgan fingerprint density at radius 1 is 0.659 bits per heavy atom.